The number of aryl methyl sites for hydroxylation is 2. The van der Waals surface area contributed by atoms with E-state index < -0.39 is 0 Å². The third kappa shape index (κ3) is 2.05. The second-order valence-electron chi connectivity index (χ2n) is 3.74. The molecule has 0 saturated carbocycles. The normalized spacial score (nSPS) is 10.2. The van der Waals surface area contributed by atoms with Gasteiger partial charge in [-0.05, 0) is 13.3 Å². The first-order valence-corrected chi connectivity index (χ1v) is 5.15. The van der Waals surface area contributed by atoms with Gasteiger partial charge >= 0.3 is 26.2 Å². The summed E-state index contributed by atoms with van der Waals surface area (Å²) in [5.41, 5.74) is 2.37. The van der Waals surface area contributed by atoms with Gasteiger partial charge in [0.25, 0.3) is 0 Å². The van der Waals surface area contributed by atoms with Crippen LogP contribution in [0.3, 0.4) is 0 Å². The van der Waals surface area contributed by atoms with E-state index in [1.54, 1.807) is 6.20 Å². The van der Waals surface area contributed by atoms with E-state index in [1.807, 2.05) is 31.8 Å². The molecule has 2 heterocycles. The van der Waals surface area contributed by atoms with Crippen molar-refractivity contribution in [3.05, 3.63) is 23.8 Å². The SMILES string of the molecule is CCc1c(C)nc(-c2nccn2C)n1C.[BiH2]. The van der Waals surface area contributed by atoms with Crippen LogP contribution in [0.25, 0.3) is 11.6 Å². The molecule has 0 amide bonds. The maximum atomic E-state index is 4.56. The van der Waals surface area contributed by atoms with E-state index in [0.717, 1.165) is 23.8 Å². The number of rotatable bonds is 2. The fourth-order valence-corrected chi connectivity index (χ4v) is 1.94. The van der Waals surface area contributed by atoms with Crippen LogP contribution in [0.15, 0.2) is 12.4 Å². The standard InChI is InChI=1S/C11H16N4.Bi.2H/c1-5-9-8(2)13-11(15(9)4)10-12-6-7-14(10)3;;;/h6-7H,5H2,1-4H3;;;. The molecule has 2 aromatic rings. The van der Waals surface area contributed by atoms with Gasteiger partial charge in [0.2, 0.25) is 0 Å². The Morgan fingerprint density at radius 1 is 1.25 bits per heavy atom. The van der Waals surface area contributed by atoms with Gasteiger partial charge in [-0.3, -0.25) is 0 Å². The molecular weight excluding hydrogens is 397 g/mol. The van der Waals surface area contributed by atoms with E-state index in [4.69, 9.17) is 0 Å². The Labute approximate surface area is 115 Å². The zero-order valence-corrected chi connectivity index (χ0v) is 14.7. The molecule has 0 unspecified atom stereocenters. The van der Waals surface area contributed by atoms with E-state index >= 15 is 0 Å². The van der Waals surface area contributed by atoms with Crippen LogP contribution in [-0.4, -0.2) is 45.3 Å². The second-order valence-corrected chi connectivity index (χ2v) is 3.74. The predicted molar refractivity (Wildman–Crippen MR) is 68.1 cm³/mol. The number of nitrogens with zero attached hydrogens (tertiary/aromatic N) is 4. The van der Waals surface area contributed by atoms with Crippen LogP contribution in [-0.2, 0) is 20.5 Å². The number of hydrogen-bond acceptors (Lipinski definition) is 2. The van der Waals surface area contributed by atoms with Gasteiger partial charge in [0, 0.05) is 32.2 Å². The van der Waals surface area contributed by atoms with Crippen molar-refractivity contribution >= 4 is 26.2 Å². The fraction of sp³-hybridized carbons (Fsp3) is 0.455. The van der Waals surface area contributed by atoms with Gasteiger partial charge < -0.3 is 9.13 Å². The molecule has 2 aromatic heterocycles. The van der Waals surface area contributed by atoms with E-state index in [-0.39, 0.29) is 26.2 Å². The molecular formula is C11H18BiN4. The number of imidazole rings is 2. The third-order valence-corrected chi connectivity index (χ3v) is 2.77. The summed E-state index contributed by atoms with van der Waals surface area (Å²) in [5.74, 6) is 1.86. The molecule has 4 nitrogen and oxygen atoms in total. The Balaban J connectivity index is 0.00000128. The van der Waals surface area contributed by atoms with Crippen LogP contribution in [0.2, 0.25) is 0 Å². The molecule has 0 aromatic carbocycles. The maximum absolute atomic E-state index is 4.56. The molecule has 0 spiro atoms. The summed E-state index contributed by atoms with van der Waals surface area (Å²) in [5, 5.41) is 0. The molecule has 0 aliphatic rings. The molecule has 0 aliphatic heterocycles. The van der Waals surface area contributed by atoms with Crippen molar-refractivity contribution in [3.8, 4) is 11.6 Å². The van der Waals surface area contributed by atoms with Gasteiger partial charge in [0.05, 0.1) is 5.69 Å². The second kappa shape index (κ2) is 5.09. The van der Waals surface area contributed by atoms with Crippen LogP contribution in [0, 0.1) is 6.92 Å². The molecule has 0 bridgehead atoms. The van der Waals surface area contributed by atoms with Crippen molar-refractivity contribution in [1.29, 1.82) is 0 Å². The van der Waals surface area contributed by atoms with Gasteiger partial charge in [-0.15, -0.1) is 0 Å². The molecule has 0 aliphatic carbocycles. The predicted octanol–water partition coefficient (Wildman–Crippen LogP) is 0.775. The van der Waals surface area contributed by atoms with E-state index in [0.29, 0.717) is 0 Å². The molecule has 0 saturated heterocycles. The topological polar surface area (TPSA) is 35.6 Å². The first-order valence-electron chi connectivity index (χ1n) is 5.15. The van der Waals surface area contributed by atoms with Crippen molar-refractivity contribution in [2.45, 2.75) is 20.3 Å². The van der Waals surface area contributed by atoms with Crippen LogP contribution >= 0.6 is 0 Å². The van der Waals surface area contributed by atoms with Gasteiger partial charge in [0.1, 0.15) is 0 Å². The van der Waals surface area contributed by atoms with Crippen LogP contribution < -0.4 is 0 Å². The zero-order valence-electron chi connectivity index (χ0n) is 10.2. The van der Waals surface area contributed by atoms with Crippen molar-refractivity contribution < 1.29 is 0 Å². The fourth-order valence-electron chi connectivity index (χ4n) is 1.94. The molecule has 0 atom stereocenters. The molecule has 0 N–H and O–H groups in total. The summed E-state index contributed by atoms with van der Waals surface area (Å²) < 4.78 is 4.11. The summed E-state index contributed by atoms with van der Waals surface area (Å²) >= 11 is 0. The summed E-state index contributed by atoms with van der Waals surface area (Å²) in [6.07, 6.45) is 4.73. The Morgan fingerprint density at radius 3 is 2.38 bits per heavy atom. The quantitative estimate of drug-likeness (QED) is 0.680. The Hall–Kier alpha value is -0.697. The van der Waals surface area contributed by atoms with Crippen molar-refractivity contribution in [1.82, 2.24) is 19.1 Å². The Morgan fingerprint density at radius 2 is 1.94 bits per heavy atom. The number of aromatic nitrogens is 4. The van der Waals surface area contributed by atoms with E-state index in [1.165, 1.54) is 5.69 Å². The average molecular weight is 415 g/mol. The molecule has 1 radical (unpaired) electrons. The van der Waals surface area contributed by atoms with Gasteiger partial charge in [-0.25, -0.2) is 9.97 Å². The van der Waals surface area contributed by atoms with Gasteiger partial charge in [-0.2, -0.15) is 0 Å². The first kappa shape index (κ1) is 13.4. The van der Waals surface area contributed by atoms with Gasteiger partial charge in [0.15, 0.2) is 11.6 Å². The van der Waals surface area contributed by atoms with Crippen molar-refractivity contribution in [3.63, 3.8) is 0 Å². The Bertz CT molecular complexity index is 484. The van der Waals surface area contributed by atoms with Gasteiger partial charge in [-0.1, -0.05) is 6.92 Å². The van der Waals surface area contributed by atoms with E-state index in [9.17, 15) is 0 Å². The zero-order chi connectivity index (χ0) is 11.0. The molecule has 2 rings (SSSR count). The molecule has 87 valence electrons. The summed E-state index contributed by atoms with van der Waals surface area (Å²) in [4.78, 5) is 8.88. The summed E-state index contributed by atoms with van der Waals surface area (Å²) in [6, 6.07) is 0. The van der Waals surface area contributed by atoms with Crippen molar-refractivity contribution in [2.24, 2.45) is 14.1 Å². The number of hydrogen-bond donors (Lipinski definition) is 0. The third-order valence-electron chi connectivity index (χ3n) is 2.77. The van der Waals surface area contributed by atoms with Crippen LogP contribution in [0.5, 0.6) is 0 Å². The average Bonchev–Trinajstić information content (AvgIpc) is 2.71. The van der Waals surface area contributed by atoms with Crippen molar-refractivity contribution in [2.75, 3.05) is 0 Å². The first-order chi connectivity index (χ1) is 7.15. The summed E-state index contributed by atoms with van der Waals surface area (Å²) in [7, 11) is 4.03. The minimum absolute atomic E-state index is 0. The molecule has 5 heteroatoms. The van der Waals surface area contributed by atoms with Crippen LogP contribution in [0.4, 0.5) is 0 Å². The monoisotopic (exact) mass is 415 g/mol. The molecule has 16 heavy (non-hydrogen) atoms. The minimum atomic E-state index is 0. The molecule has 0 fully saturated rings. The van der Waals surface area contributed by atoms with E-state index in [2.05, 4.69) is 21.5 Å². The Kier molecular flexibility index (Phi) is 4.25. The summed E-state index contributed by atoms with van der Waals surface area (Å²) in [6.45, 7) is 4.19. The van der Waals surface area contributed by atoms with Crippen LogP contribution in [0.1, 0.15) is 18.3 Å².